The standard InChI is InChI=1S/C20H26N6O3S2/c1-12-7-10-26(31(28,29)19-13(2)23-20(30-19)24-14(3)27)11-17(12)25(4)16-6-9-22-18-15(16)5-8-21-18/h5-6,8-9,12,17H,7,10-11H2,1-4H3,(H,21,22)(H,23,24,27)/t12-,17+/m1/s1. The molecule has 1 aliphatic heterocycles. The molecule has 0 aliphatic carbocycles. The van der Waals surface area contributed by atoms with Gasteiger partial charge in [0.05, 0.1) is 5.69 Å². The molecule has 2 atom stereocenters. The first-order valence-corrected chi connectivity index (χ1v) is 12.3. The molecule has 11 heteroatoms. The summed E-state index contributed by atoms with van der Waals surface area (Å²) in [6, 6.07) is 3.95. The molecule has 1 amide bonds. The van der Waals surface area contributed by atoms with Crippen molar-refractivity contribution in [2.24, 2.45) is 5.92 Å². The highest BCUT2D eigenvalue weighted by Gasteiger charge is 2.38. The van der Waals surface area contributed by atoms with E-state index >= 15 is 0 Å². The molecule has 0 spiro atoms. The molecule has 0 saturated carbocycles. The third kappa shape index (κ3) is 4.04. The molecule has 3 aromatic heterocycles. The van der Waals surface area contributed by atoms with Crippen LogP contribution < -0.4 is 10.2 Å². The summed E-state index contributed by atoms with van der Waals surface area (Å²) < 4.78 is 28.6. The lowest BCUT2D eigenvalue weighted by atomic mass is 9.93. The summed E-state index contributed by atoms with van der Waals surface area (Å²) in [5.74, 6) is 0.0377. The Morgan fingerprint density at radius 3 is 2.90 bits per heavy atom. The number of rotatable bonds is 5. The summed E-state index contributed by atoms with van der Waals surface area (Å²) >= 11 is 1.000. The molecular formula is C20H26N6O3S2. The Bertz CT molecular complexity index is 1220. The lowest BCUT2D eigenvalue weighted by Gasteiger charge is -2.42. The fraction of sp³-hybridized carbons (Fsp3) is 0.450. The number of anilines is 2. The van der Waals surface area contributed by atoms with E-state index in [1.54, 1.807) is 17.4 Å². The zero-order valence-electron chi connectivity index (χ0n) is 17.9. The molecular weight excluding hydrogens is 436 g/mol. The Labute approximate surface area is 185 Å². The summed E-state index contributed by atoms with van der Waals surface area (Å²) in [4.78, 5) is 25.2. The van der Waals surface area contributed by atoms with Crippen LogP contribution in [0.1, 0.15) is 26.0 Å². The fourth-order valence-electron chi connectivity index (χ4n) is 4.12. The molecule has 2 N–H and O–H groups in total. The number of aryl methyl sites for hydroxylation is 1. The largest absolute Gasteiger partial charge is 0.369 e. The number of likely N-dealkylation sites (N-methyl/N-ethyl adjacent to an activating group) is 1. The molecule has 4 heterocycles. The molecule has 0 radical (unpaired) electrons. The fourth-order valence-corrected chi connectivity index (χ4v) is 7.19. The Morgan fingerprint density at radius 1 is 1.39 bits per heavy atom. The van der Waals surface area contributed by atoms with Crippen molar-refractivity contribution in [3.63, 3.8) is 0 Å². The van der Waals surface area contributed by atoms with E-state index < -0.39 is 10.0 Å². The Balaban J connectivity index is 1.62. The maximum atomic E-state index is 13.4. The van der Waals surface area contributed by atoms with E-state index in [0.29, 0.717) is 29.8 Å². The van der Waals surface area contributed by atoms with Crippen LogP contribution >= 0.6 is 11.3 Å². The first kappa shape index (κ1) is 21.7. The minimum Gasteiger partial charge on any atom is -0.369 e. The highest BCUT2D eigenvalue weighted by Crippen LogP contribution is 2.35. The summed E-state index contributed by atoms with van der Waals surface area (Å²) in [6.07, 6.45) is 4.37. The molecule has 1 saturated heterocycles. The second kappa shape index (κ2) is 8.21. The van der Waals surface area contributed by atoms with Crippen molar-refractivity contribution in [1.29, 1.82) is 0 Å². The van der Waals surface area contributed by atoms with Crippen LogP contribution in [0.3, 0.4) is 0 Å². The van der Waals surface area contributed by atoms with Crippen molar-refractivity contribution >= 4 is 49.1 Å². The Kier molecular flexibility index (Phi) is 5.75. The van der Waals surface area contributed by atoms with Gasteiger partial charge in [0.15, 0.2) is 9.34 Å². The highest BCUT2D eigenvalue weighted by molar-refractivity contribution is 7.91. The van der Waals surface area contributed by atoms with E-state index in [0.717, 1.165) is 34.5 Å². The average molecular weight is 463 g/mol. The van der Waals surface area contributed by atoms with Gasteiger partial charge >= 0.3 is 0 Å². The number of aromatic nitrogens is 3. The first-order valence-electron chi connectivity index (χ1n) is 10.1. The summed E-state index contributed by atoms with van der Waals surface area (Å²) in [6.45, 7) is 6.02. The molecule has 31 heavy (non-hydrogen) atoms. The zero-order valence-corrected chi connectivity index (χ0v) is 19.5. The summed E-state index contributed by atoms with van der Waals surface area (Å²) in [5, 5.41) is 3.89. The van der Waals surface area contributed by atoms with Crippen LogP contribution in [0.5, 0.6) is 0 Å². The van der Waals surface area contributed by atoms with Crippen LogP contribution in [0.25, 0.3) is 11.0 Å². The van der Waals surface area contributed by atoms with Gasteiger partial charge in [-0.1, -0.05) is 18.3 Å². The normalized spacial score (nSPS) is 20.1. The number of aromatic amines is 1. The van der Waals surface area contributed by atoms with E-state index in [2.05, 4.69) is 32.1 Å². The van der Waals surface area contributed by atoms with Gasteiger partial charge in [0, 0.05) is 56.6 Å². The minimum absolute atomic E-state index is 0.00654. The van der Waals surface area contributed by atoms with Crippen LogP contribution in [0.4, 0.5) is 10.8 Å². The van der Waals surface area contributed by atoms with Crippen molar-refractivity contribution in [3.05, 3.63) is 30.2 Å². The van der Waals surface area contributed by atoms with Crippen molar-refractivity contribution < 1.29 is 13.2 Å². The number of fused-ring (bicyclic) bond motifs is 1. The summed E-state index contributed by atoms with van der Waals surface area (Å²) in [5.41, 5.74) is 2.23. The minimum atomic E-state index is -3.72. The Hall–Kier alpha value is -2.50. The van der Waals surface area contributed by atoms with Gasteiger partial charge in [-0.2, -0.15) is 4.31 Å². The number of carbonyl (C=O) groups excluding carboxylic acids is 1. The topological polar surface area (TPSA) is 111 Å². The molecule has 3 aromatic rings. The zero-order chi connectivity index (χ0) is 22.3. The van der Waals surface area contributed by atoms with Gasteiger partial charge in [0.1, 0.15) is 5.65 Å². The number of hydrogen-bond donors (Lipinski definition) is 2. The van der Waals surface area contributed by atoms with Gasteiger partial charge < -0.3 is 15.2 Å². The van der Waals surface area contributed by atoms with Crippen LogP contribution in [0, 0.1) is 12.8 Å². The van der Waals surface area contributed by atoms with E-state index in [-0.39, 0.29) is 16.2 Å². The number of amides is 1. The predicted molar refractivity (Wildman–Crippen MR) is 122 cm³/mol. The number of nitrogens with zero attached hydrogens (tertiary/aromatic N) is 4. The number of nitrogens with one attached hydrogen (secondary N) is 2. The van der Waals surface area contributed by atoms with Gasteiger partial charge in [-0.05, 0) is 31.4 Å². The molecule has 0 unspecified atom stereocenters. The second-order valence-corrected chi connectivity index (χ2v) is 11.1. The van der Waals surface area contributed by atoms with Crippen LogP contribution in [-0.4, -0.2) is 59.8 Å². The Morgan fingerprint density at radius 2 is 2.16 bits per heavy atom. The van der Waals surface area contributed by atoms with E-state index in [9.17, 15) is 13.2 Å². The molecule has 1 fully saturated rings. The van der Waals surface area contributed by atoms with Gasteiger partial charge in [0.2, 0.25) is 5.91 Å². The maximum Gasteiger partial charge on any atom is 0.254 e. The number of thiazole rings is 1. The number of hydrogen-bond acceptors (Lipinski definition) is 7. The third-order valence-electron chi connectivity index (χ3n) is 5.81. The van der Waals surface area contributed by atoms with Crippen LogP contribution in [0.2, 0.25) is 0 Å². The van der Waals surface area contributed by atoms with E-state index in [4.69, 9.17) is 0 Å². The van der Waals surface area contributed by atoms with Gasteiger partial charge in [-0.3, -0.25) is 4.79 Å². The second-order valence-electron chi connectivity index (χ2n) is 7.95. The third-order valence-corrected chi connectivity index (χ3v) is 9.33. The number of carbonyl (C=O) groups is 1. The average Bonchev–Trinajstić information content (AvgIpc) is 3.33. The molecule has 1 aliphatic rings. The lowest BCUT2D eigenvalue weighted by molar-refractivity contribution is -0.114. The highest BCUT2D eigenvalue weighted by atomic mass is 32.2. The molecule has 9 nitrogen and oxygen atoms in total. The molecule has 166 valence electrons. The van der Waals surface area contributed by atoms with Crippen LogP contribution in [0.15, 0.2) is 28.7 Å². The summed E-state index contributed by atoms with van der Waals surface area (Å²) in [7, 11) is -1.71. The molecule has 0 aromatic carbocycles. The number of H-pyrrole nitrogens is 1. The smallest absolute Gasteiger partial charge is 0.254 e. The van der Waals surface area contributed by atoms with Crippen molar-refractivity contribution in [3.8, 4) is 0 Å². The van der Waals surface area contributed by atoms with Gasteiger partial charge in [-0.15, -0.1) is 0 Å². The first-order chi connectivity index (χ1) is 14.7. The predicted octanol–water partition coefficient (Wildman–Crippen LogP) is 2.82. The monoisotopic (exact) mass is 462 g/mol. The van der Waals surface area contributed by atoms with Crippen molar-refractivity contribution in [1.82, 2.24) is 19.3 Å². The number of pyridine rings is 1. The maximum absolute atomic E-state index is 13.4. The molecule has 4 rings (SSSR count). The van der Waals surface area contributed by atoms with E-state index in [1.165, 1.54) is 6.92 Å². The van der Waals surface area contributed by atoms with Gasteiger partial charge in [-0.25, -0.2) is 18.4 Å². The van der Waals surface area contributed by atoms with E-state index in [1.807, 2.05) is 25.4 Å². The molecule has 0 bridgehead atoms. The van der Waals surface area contributed by atoms with Crippen LogP contribution in [-0.2, 0) is 14.8 Å². The van der Waals surface area contributed by atoms with Crippen molar-refractivity contribution in [2.75, 3.05) is 30.4 Å². The SMILES string of the molecule is CC(=O)Nc1nc(C)c(S(=O)(=O)N2CC[C@@H](C)[C@@H](N(C)c3ccnc4[nH]ccc34)C2)s1. The lowest BCUT2D eigenvalue weighted by Crippen LogP contribution is -2.52. The number of piperidine rings is 1. The quantitative estimate of drug-likeness (QED) is 0.603. The number of sulfonamides is 1. The van der Waals surface area contributed by atoms with Gasteiger partial charge in [0.25, 0.3) is 10.0 Å². The van der Waals surface area contributed by atoms with Crippen molar-refractivity contribution in [2.45, 2.75) is 37.4 Å².